The van der Waals surface area contributed by atoms with Crippen molar-refractivity contribution in [3.05, 3.63) is 52.9 Å². The van der Waals surface area contributed by atoms with Crippen LogP contribution in [0.15, 0.2) is 47.4 Å². The number of pyridine rings is 1. The average molecular weight is 314 g/mol. The number of fused-ring (bicyclic) bond motifs is 1. The lowest BCUT2D eigenvalue weighted by Crippen LogP contribution is -2.10. The van der Waals surface area contributed by atoms with Crippen LogP contribution in [0.1, 0.15) is 0 Å². The summed E-state index contributed by atoms with van der Waals surface area (Å²) < 4.78 is 5.81. The van der Waals surface area contributed by atoms with Gasteiger partial charge in [-0.3, -0.25) is 9.78 Å². The molecule has 3 aromatic rings. The summed E-state index contributed by atoms with van der Waals surface area (Å²) in [6.45, 7) is -0.456. The lowest BCUT2D eigenvalue weighted by atomic mass is 10.2. The number of carbonyl (C=O) groups is 1. The molecule has 1 aromatic carbocycles. The third-order valence-corrected chi connectivity index (χ3v) is 3.91. The van der Waals surface area contributed by atoms with Crippen LogP contribution in [0.25, 0.3) is 20.8 Å². The fraction of sp³-hybridized carbons (Fsp3) is 0.0667. The number of rotatable bonds is 4. The molecule has 0 bridgehead atoms. The first-order valence-corrected chi connectivity index (χ1v) is 7.16. The minimum atomic E-state index is -1.08. The molecule has 0 saturated heterocycles. The van der Waals surface area contributed by atoms with Gasteiger partial charge >= 0.3 is 5.97 Å². The Bertz CT molecular complexity index is 893. The van der Waals surface area contributed by atoms with E-state index in [2.05, 4.69) is 9.97 Å². The summed E-state index contributed by atoms with van der Waals surface area (Å²) in [5.41, 5.74) is 0.243. The first kappa shape index (κ1) is 14.2. The number of benzene rings is 1. The van der Waals surface area contributed by atoms with Gasteiger partial charge in [0.25, 0.3) is 5.56 Å². The third kappa shape index (κ3) is 2.94. The molecular weight excluding hydrogens is 304 g/mol. The van der Waals surface area contributed by atoms with E-state index in [1.54, 1.807) is 30.5 Å². The van der Waals surface area contributed by atoms with Crippen LogP contribution in [-0.4, -0.2) is 27.7 Å². The first-order chi connectivity index (χ1) is 10.6. The van der Waals surface area contributed by atoms with E-state index >= 15 is 0 Å². The fourth-order valence-corrected chi connectivity index (χ4v) is 2.83. The normalized spacial score (nSPS) is 10.5. The van der Waals surface area contributed by atoms with Crippen molar-refractivity contribution in [2.24, 2.45) is 0 Å². The van der Waals surface area contributed by atoms with E-state index in [0.717, 1.165) is 4.70 Å². The molecule has 2 aromatic heterocycles. The maximum atomic E-state index is 12.2. The molecule has 0 spiro atoms. The summed E-state index contributed by atoms with van der Waals surface area (Å²) in [5, 5.41) is 9.54. The minimum Gasteiger partial charge on any atom is -0.482 e. The zero-order valence-corrected chi connectivity index (χ0v) is 12.0. The Kier molecular flexibility index (Phi) is 3.80. The summed E-state index contributed by atoms with van der Waals surface area (Å²) >= 11 is 1.34. The molecule has 0 fully saturated rings. The number of hydrogen-bond donors (Lipinski definition) is 1. The smallest absolute Gasteiger partial charge is 0.341 e. The molecule has 22 heavy (non-hydrogen) atoms. The maximum Gasteiger partial charge on any atom is 0.341 e. The molecule has 0 saturated carbocycles. The summed E-state index contributed by atoms with van der Waals surface area (Å²) in [6.07, 6.45) is 1.64. The molecule has 0 aliphatic carbocycles. The summed E-state index contributed by atoms with van der Waals surface area (Å²) in [6, 6.07) is 10.3. The summed E-state index contributed by atoms with van der Waals surface area (Å²) in [4.78, 5) is 30.9. The number of nitrogens with zero attached hydrogens (tertiary/aromatic N) is 2. The Hall–Kier alpha value is -2.80. The topological polar surface area (TPSA) is 89.4 Å². The van der Waals surface area contributed by atoms with Crippen LogP contribution in [0.2, 0.25) is 0 Å². The molecule has 0 aliphatic rings. The highest BCUT2D eigenvalue weighted by Crippen LogP contribution is 2.26. The number of aliphatic carboxylic acids is 1. The number of carboxylic acid groups (broad SMARTS) is 1. The maximum absolute atomic E-state index is 12.2. The Morgan fingerprint density at radius 1 is 1.27 bits per heavy atom. The van der Waals surface area contributed by atoms with Crippen molar-refractivity contribution >= 4 is 27.4 Å². The van der Waals surface area contributed by atoms with E-state index < -0.39 is 18.1 Å². The Balaban J connectivity index is 2.03. The van der Waals surface area contributed by atoms with E-state index in [1.165, 1.54) is 17.4 Å². The van der Waals surface area contributed by atoms with E-state index in [9.17, 15) is 9.59 Å². The second-order valence-electron chi connectivity index (χ2n) is 4.38. The Morgan fingerprint density at radius 3 is 2.86 bits per heavy atom. The predicted molar refractivity (Wildman–Crippen MR) is 82.3 cm³/mol. The van der Waals surface area contributed by atoms with Crippen LogP contribution in [0, 0.1) is 0 Å². The summed E-state index contributed by atoms with van der Waals surface area (Å²) in [7, 11) is 0. The summed E-state index contributed by atoms with van der Waals surface area (Å²) in [5.74, 6) is -0.750. The molecule has 0 radical (unpaired) electrons. The third-order valence-electron chi connectivity index (χ3n) is 2.84. The van der Waals surface area contributed by atoms with Gasteiger partial charge in [0, 0.05) is 10.9 Å². The van der Waals surface area contributed by atoms with E-state index in [-0.39, 0.29) is 0 Å². The van der Waals surface area contributed by atoms with E-state index in [4.69, 9.17) is 9.84 Å². The van der Waals surface area contributed by atoms with Gasteiger partial charge in [0.05, 0.1) is 11.1 Å². The van der Waals surface area contributed by atoms with Crippen molar-refractivity contribution in [1.29, 1.82) is 0 Å². The van der Waals surface area contributed by atoms with Gasteiger partial charge in [0.1, 0.15) is 10.8 Å². The molecule has 0 atom stereocenters. The van der Waals surface area contributed by atoms with Gasteiger partial charge in [-0.2, -0.15) is 4.98 Å². The number of carboxylic acids is 1. The van der Waals surface area contributed by atoms with Crippen LogP contribution in [0.3, 0.4) is 0 Å². The van der Waals surface area contributed by atoms with Crippen molar-refractivity contribution in [2.75, 3.05) is 6.61 Å². The van der Waals surface area contributed by atoms with E-state index in [0.29, 0.717) is 21.8 Å². The molecule has 6 nitrogen and oxygen atoms in total. The standard InChI is InChI=1S/C15H10N2O4S/c18-13(19)8-21-9-4-5-12-10(7-9)14(20)17-15(22-12)11-3-1-2-6-16-11/h1-7H,8H2,(H,18,19). The van der Waals surface area contributed by atoms with Crippen molar-refractivity contribution < 1.29 is 14.6 Å². The molecule has 2 heterocycles. The van der Waals surface area contributed by atoms with Gasteiger partial charge in [-0.25, -0.2) is 4.79 Å². The number of ether oxygens (including phenoxy) is 1. The van der Waals surface area contributed by atoms with Gasteiger partial charge in [-0.1, -0.05) is 6.07 Å². The van der Waals surface area contributed by atoms with Crippen molar-refractivity contribution in [1.82, 2.24) is 9.97 Å². The monoisotopic (exact) mass is 314 g/mol. The molecule has 0 unspecified atom stereocenters. The van der Waals surface area contributed by atoms with Gasteiger partial charge in [-0.05, 0) is 30.3 Å². The largest absolute Gasteiger partial charge is 0.482 e. The van der Waals surface area contributed by atoms with Crippen LogP contribution in [0.5, 0.6) is 5.75 Å². The highest BCUT2D eigenvalue weighted by Gasteiger charge is 2.09. The van der Waals surface area contributed by atoms with Crippen molar-refractivity contribution in [3.63, 3.8) is 0 Å². The first-order valence-electron chi connectivity index (χ1n) is 6.34. The molecule has 0 aliphatic heterocycles. The second kappa shape index (κ2) is 5.90. The molecular formula is C15H10N2O4S. The lowest BCUT2D eigenvalue weighted by Gasteiger charge is -2.05. The van der Waals surface area contributed by atoms with E-state index in [1.807, 2.05) is 6.07 Å². The van der Waals surface area contributed by atoms with Crippen LogP contribution in [0.4, 0.5) is 0 Å². The van der Waals surface area contributed by atoms with Gasteiger partial charge in [-0.15, -0.1) is 11.3 Å². The van der Waals surface area contributed by atoms with Gasteiger partial charge in [0.2, 0.25) is 0 Å². The van der Waals surface area contributed by atoms with Crippen LogP contribution >= 0.6 is 11.3 Å². The molecule has 7 heteroatoms. The zero-order valence-electron chi connectivity index (χ0n) is 11.2. The van der Waals surface area contributed by atoms with Crippen LogP contribution in [-0.2, 0) is 4.79 Å². The minimum absolute atomic E-state index is 0.326. The Labute approximate surface area is 128 Å². The fourth-order valence-electron chi connectivity index (χ4n) is 1.88. The predicted octanol–water partition coefficient (Wildman–Crippen LogP) is 2.18. The molecule has 1 N–H and O–H groups in total. The van der Waals surface area contributed by atoms with Crippen LogP contribution < -0.4 is 10.3 Å². The molecule has 0 amide bonds. The zero-order chi connectivity index (χ0) is 15.5. The second-order valence-corrected chi connectivity index (χ2v) is 5.41. The molecule has 3 rings (SSSR count). The Morgan fingerprint density at radius 2 is 2.14 bits per heavy atom. The van der Waals surface area contributed by atoms with Gasteiger partial charge < -0.3 is 9.84 Å². The van der Waals surface area contributed by atoms with Crippen molar-refractivity contribution in [2.45, 2.75) is 0 Å². The SMILES string of the molecule is O=C(O)COc1ccc2sc(-c3ccccn3)nc(=O)c2c1. The number of aromatic nitrogens is 2. The quantitative estimate of drug-likeness (QED) is 0.794. The number of hydrogen-bond acceptors (Lipinski definition) is 6. The van der Waals surface area contributed by atoms with Crippen molar-refractivity contribution in [3.8, 4) is 16.5 Å². The lowest BCUT2D eigenvalue weighted by molar-refractivity contribution is -0.139. The highest BCUT2D eigenvalue weighted by atomic mass is 32.1. The van der Waals surface area contributed by atoms with Gasteiger partial charge in [0.15, 0.2) is 6.61 Å². The highest BCUT2D eigenvalue weighted by molar-refractivity contribution is 7.21. The average Bonchev–Trinajstić information content (AvgIpc) is 2.54. The molecule has 110 valence electrons.